The fraction of sp³-hybridized carbons (Fsp3) is 0.857. The van der Waals surface area contributed by atoms with Crippen molar-refractivity contribution < 1.29 is 5.11 Å². The van der Waals surface area contributed by atoms with Crippen LogP contribution in [0.1, 0.15) is 39.0 Å². The molecular weight excluding hydrogens is 212 g/mol. The number of aliphatic hydroxyl groups excluding tert-OH is 1. The molecule has 0 saturated heterocycles. The molecule has 1 nitrogen and oxygen atoms in total. The van der Waals surface area contributed by atoms with Crippen molar-refractivity contribution in [2.75, 3.05) is 0 Å². The Morgan fingerprint density at radius 2 is 1.62 bits per heavy atom. The van der Waals surface area contributed by atoms with Crippen LogP contribution in [0.4, 0.5) is 0 Å². The normalized spacial score (nSPS) is 23.6. The summed E-state index contributed by atoms with van der Waals surface area (Å²) in [4.78, 5) is 0. The van der Waals surface area contributed by atoms with E-state index in [1.807, 2.05) is 13.0 Å². The van der Waals surface area contributed by atoms with Crippen LogP contribution in [0.15, 0.2) is 12.2 Å². The third-order valence-corrected chi connectivity index (χ3v) is 6.42. The van der Waals surface area contributed by atoms with Crippen LogP contribution in [0.25, 0.3) is 0 Å². The third-order valence-electron chi connectivity index (χ3n) is 3.75. The van der Waals surface area contributed by atoms with Gasteiger partial charge in [-0.05, 0) is 18.4 Å². The molecule has 1 fully saturated rings. The van der Waals surface area contributed by atoms with Gasteiger partial charge >= 0.3 is 0 Å². The van der Waals surface area contributed by atoms with Crippen molar-refractivity contribution in [1.82, 2.24) is 0 Å². The summed E-state index contributed by atoms with van der Waals surface area (Å²) in [7, 11) is -1.14. The van der Waals surface area contributed by atoms with E-state index in [0.717, 1.165) is 11.5 Å². The van der Waals surface area contributed by atoms with Gasteiger partial charge < -0.3 is 5.11 Å². The van der Waals surface area contributed by atoms with Crippen molar-refractivity contribution in [3.05, 3.63) is 12.2 Å². The summed E-state index contributed by atoms with van der Waals surface area (Å²) >= 11 is 0. The summed E-state index contributed by atoms with van der Waals surface area (Å²) < 4.78 is 0. The van der Waals surface area contributed by atoms with Crippen molar-refractivity contribution >= 4 is 8.07 Å². The zero-order valence-electron chi connectivity index (χ0n) is 11.4. The van der Waals surface area contributed by atoms with E-state index in [1.165, 1.54) is 32.1 Å². The molecule has 0 aromatic carbocycles. The van der Waals surface area contributed by atoms with Crippen LogP contribution in [-0.2, 0) is 0 Å². The molecule has 1 rings (SSSR count). The molecule has 1 N–H and O–H groups in total. The number of allylic oxidation sites excluding steroid dienone is 1. The second kappa shape index (κ2) is 6.01. The standard InChI is InChI=1S/C14H28OSi/c1-12(15)10-11-14(16(2,3)4)13-8-6-5-7-9-13/h10-15H,5-9H2,1-4H3/b11-10+. The van der Waals surface area contributed by atoms with Crippen LogP contribution in [0.2, 0.25) is 25.2 Å². The summed E-state index contributed by atoms with van der Waals surface area (Å²) in [5.41, 5.74) is 0.752. The van der Waals surface area contributed by atoms with Crippen molar-refractivity contribution in [3.63, 3.8) is 0 Å². The second-order valence-corrected chi connectivity index (χ2v) is 11.8. The molecule has 0 aromatic rings. The lowest BCUT2D eigenvalue weighted by Crippen LogP contribution is -2.33. The molecule has 2 unspecified atom stereocenters. The van der Waals surface area contributed by atoms with Gasteiger partial charge in [-0.3, -0.25) is 0 Å². The highest BCUT2D eigenvalue weighted by Crippen LogP contribution is 2.40. The first-order valence-corrected chi connectivity index (χ1v) is 10.4. The van der Waals surface area contributed by atoms with Gasteiger partial charge in [-0.25, -0.2) is 0 Å². The van der Waals surface area contributed by atoms with E-state index in [2.05, 4.69) is 25.7 Å². The van der Waals surface area contributed by atoms with E-state index in [0.29, 0.717) is 0 Å². The lowest BCUT2D eigenvalue weighted by Gasteiger charge is -2.36. The van der Waals surface area contributed by atoms with Gasteiger partial charge in [0.25, 0.3) is 0 Å². The Morgan fingerprint density at radius 3 is 2.06 bits per heavy atom. The van der Waals surface area contributed by atoms with Crippen molar-refractivity contribution in [2.45, 2.75) is 70.3 Å². The highest BCUT2D eigenvalue weighted by Gasteiger charge is 2.32. The molecule has 0 spiro atoms. The van der Waals surface area contributed by atoms with Gasteiger partial charge in [0, 0.05) is 0 Å². The van der Waals surface area contributed by atoms with E-state index in [1.54, 1.807) is 0 Å². The van der Waals surface area contributed by atoms with Gasteiger partial charge in [-0.15, -0.1) is 0 Å². The predicted octanol–water partition coefficient (Wildman–Crippen LogP) is 4.21. The Morgan fingerprint density at radius 1 is 1.06 bits per heavy atom. The van der Waals surface area contributed by atoms with Crippen molar-refractivity contribution in [2.24, 2.45) is 5.92 Å². The Bertz CT molecular complexity index is 221. The molecule has 94 valence electrons. The molecule has 0 amide bonds. The quantitative estimate of drug-likeness (QED) is 0.576. The van der Waals surface area contributed by atoms with Crippen LogP contribution in [0.5, 0.6) is 0 Å². The Labute approximate surface area is 102 Å². The van der Waals surface area contributed by atoms with E-state index < -0.39 is 8.07 Å². The van der Waals surface area contributed by atoms with Gasteiger partial charge in [0.2, 0.25) is 0 Å². The molecule has 1 saturated carbocycles. The van der Waals surface area contributed by atoms with Gasteiger partial charge in [0.1, 0.15) is 0 Å². The average molecular weight is 240 g/mol. The molecule has 0 aromatic heterocycles. The number of aliphatic hydroxyl groups is 1. The Hall–Kier alpha value is -0.0831. The minimum absolute atomic E-state index is 0.289. The van der Waals surface area contributed by atoms with Gasteiger partial charge in [0.15, 0.2) is 0 Å². The summed E-state index contributed by atoms with van der Waals surface area (Å²) in [6, 6.07) is 0. The van der Waals surface area contributed by atoms with E-state index in [-0.39, 0.29) is 6.10 Å². The Balaban J connectivity index is 2.70. The fourth-order valence-corrected chi connectivity index (χ4v) is 5.36. The molecule has 0 bridgehead atoms. The van der Waals surface area contributed by atoms with E-state index >= 15 is 0 Å². The first-order chi connectivity index (χ1) is 7.41. The number of hydrogen-bond acceptors (Lipinski definition) is 1. The maximum absolute atomic E-state index is 9.39. The monoisotopic (exact) mass is 240 g/mol. The molecule has 2 atom stereocenters. The van der Waals surface area contributed by atoms with Gasteiger partial charge in [-0.2, -0.15) is 0 Å². The van der Waals surface area contributed by atoms with Crippen molar-refractivity contribution in [3.8, 4) is 0 Å². The van der Waals surface area contributed by atoms with E-state index in [4.69, 9.17) is 0 Å². The maximum atomic E-state index is 9.39. The SMILES string of the molecule is CC(O)/C=C/C(C1CCCCC1)[Si](C)(C)C. The molecule has 16 heavy (non-hydrogen) atoms. The van der Waals surface area contributed by atoms with Crippen LogP contribution in [-0.4, -0.2) is 19.3 Å². The zero-order chi connectivity index (χ0) is 12.2. The topological polar surface area (TPSA) is 20.2 Å². The summed E-state index contributed by atoms with van der Waals surface area (Å²) in [5.74, 6) is 0.885. The minimum atomic E-state index is -1.14. The van der Waals surface area contributed by atoms with Crippen LogP contribution < -0.4 is 0 Å². The van der Waals surface area contributed by atoms with Crippen LogP contribution >= 0.6 is 0 Å². The first-order valence-electron chi connectivity index (χ1n) is 6.77. The molecule has 0 heterocycles. The number of hydrogen-bond donors (Lipinski definition) is 1. The zero-order valence-corrected chi connectivity index (χ0v) is 12.4. The summed E-state index contributed by atoms with van der Waals surface area (Å²) in [5, 5.41) is 9.39. The van der Waals surface area contributed by atoms with Crippen LogP contribution in [0, 0.1) is 5.92 Å². The third kappa shape index (κ3) is 4.42. The molecule has 1 aliphatic carbocycles. The molecular formula is C14H28OSi. The highest BCUT2D eigenvalue weighted by atomic mass is 28.3. The average Bonchev–Trinajstić information content (AvgIpc) is 2.17. The first kappa shape index (κ1) is 14.0. The van der Waals surface area contributed by atoms with Gasteiger partial charge in [0.05, 0.1) is 14.2 Å². The minimum Gasteiger partial charge on any atom is -0.389 e. The lowest BCUT2D eigenvalue weighted by molar-refractivity contribution is 0.243. The highest BCUT2D eigenvalue weighted by molar-refractivity contribution is 6.78. The van der Waals surface area contributed by atoms with Gasteiger partial charge in [-0.1, -0.05) is 63.9 Å². The fourth-order valence-electron chi connectivity index (χ4n) is 2.93. The lowest BCUT2D eigenvalue weighted by atomic mass is 9.86. The largest absolute Gasteiger partial charge is 0.389 e. The second-order valence-electron chi connectivity index (χ2n) is 6.42. The van der Waals surface area contributed by atoms with Crippen LogP contribution in [0.3, 0.4) is 0 Å². The molecule has 0 aliphatic heterocycles. The molecule has 2 heteroatoms. The number of rotatable bonds is 4. The smallest absolute Gasteiger partial charge is 0.0692 e. The predicted molar refractivity (Wildman–Crippen MR) is 74.5 cm³/mol. The maximum Gasteiger partial charge on any atom is 0.0692 e. The summed E-state index contributed by atoms with van der Waals surface area (Å²) in [6.07, 6.45) is 11.1. The summed E-state index contributed by atoms with van der Waals surface area (Å²) in [6.45, 7) is 9.22. The molecule has 1 aliphatic rings. The molecule has 0 radical (unpaired) electrons. The van der Waals surface area contributed by atoms with E-state index in [9.17, 15) is 5.11 Å². The Kier molecular flexibility index (Phi) is 5.26. The van der Waals surface area contributed by atoms with Crippen molar-refractivity contribution in [1.29, 1.82) is 0 Å².